The summed E-state index contributed by atoms with van der Waals surface area (Å²) < 4.78 is 13.8. The molecule has 0 aliphatic heterocycles. The molecule has 0 aliphatic rings. The zero-order valence-electron chi connectivity index (χ0n) is 8.21. The maximum atomic E-state index is 5.65. The summed E-state index contributed by atoms with van der Waals surface area (Å²) in [6.07, 6.45) is 0.826. The first-order valence-corrected chi connectivity index (χ1v) is 12.4. The van der Waals surface area contributed by atoms with E-state index in [-0.39, 0.29) is 0 Å². The molecule has 0 aromatic rings. The van der Waals surface area contributed by atoms with E-state index in [2.05, 4.69) is 13.8 Å². The van der Waals surface area contributed by atoms with Crippen molar-refractivity contribution in [2.24, 2.45) is 0 Å². The van der Waals surface area contributed by atoms with Crippen LogP contribution < -0.4 is 0 Å². The van der Waals surface area contributed by atoms with Crippen LogP contribution in [-0.4, -0.2) is 25.4 Å². The van der Waals surface area contributed by atoms with Gasteiger partial charge in [-0.05, 0) is 0 Å². The molecule has 12 heavy (non-hydrogen) atoms. The Labute approximate surface area is 108 Å². The third-order valence-electron chi connectivity index (χ3n) is 1.75. The molecule has 0 bridgehead atoms. The standard InChI is InChI=1S/C8H16O2.2Hg/c1-5-9-7(3)8(4)10-6-2;;/h7-8H,3-6H2,1-2H3;;/t7-,8+;;. The van der Waals surface area contributed by atoms with Crippen molar-refractivity contribution >= 4 is 0 Å². The molecule has 4 heteroatoms. The average Bonchev–Trinajstić information content (AvgIpc) is 2.11. The van der Waals surface area contributed by atoms with Gasteiger partial charge in [0.2, 0.25) is 0 Å². The number of hydrogen-bond donors (Lipinski definition) is 0. The molecule has 0 fully saturated rings. The minimum absolute atomic E-state index is 0.413. The van der Waals surface area contributed by atoms with Crippen molar-refractivity contribution in [1.82, 2.24) is 0 Å². The summed E-state index contributed by atoms with van der Waals surface area (Å²) >= 11 is 1.67. The van der Waals surface area contributed by atoms with Crippen LogP contribution in [0, 0.1) is 0 Å². The maximum absolute atomic E-state index is 5.65. The van der Waals surface area contributed by atoms with E-state index in [9.17, 15) is 0 Å². The molecule has 64 valence electrons. The molecule has 0 aromatic carbocycles. The Bertz CT molecular complexity index is 89.1. The van der Waals surface area contributed by atoms with Crippen LogP contribution in [-0.2, 0) is 61.7 Å². The predicted molar refractivity (Wildman–Crippen MR) is 40.4 cm³/mol. The van der Waals surface area contributed by atoms with Crippen molar-refractivity contribution in [1.29, 1.82) is 0 Å². The van der Waals surface area contributed by atoms with Crippen LogP contribution in [0.5, 0.6) is 0 Å². The van der Waals surface area contributed by atoms with Crippen molar-refractivity contribution in [3.63, 3.8) is 0 Å². The molecule has 0 rings (SSSR count). The van der Waals surface area contributed by atoms with Gasteiger partial charge in [-0.15, -0.1) is 0 Å². The molecule has 2 nitrogen and oxygen atoms in total. The Balaban J connectivity index is 3.84. The molecule has 0 unspecified atom stereocenters. The van der Waals surface area contributed by atoms with Crippen molar-refractivity contribution in [2.75, 3.05) is 13.2 Å². The third kappa shape index (κ3) is 5.51. The second-order valence-corrected chi connectivity index (χ2v) is 7.05. The molecule has 0 spiro atoms. The van der Waals surface area contributed by atoms with Crippen LogP contribution in [0.15, 0.2) is 0 Å². The van der Waals surface area contributed by atoms with Gasteiger partial charge in [0, 0.05) is 0 Å². The van der Waals surface area contributed by atoms with E-state index in [1.807, 2.05) is 0 Å². The second kappa shape index (κ2) is 9.35. The van der Waals surface area contributed by atoms with E-state index >= 15 is 0 Å². The number of ether oxygens (including phenoxy) is 2. The van der Waals surface area contributed by atoms with E-state index in [1.54, 1.807) is 0 Å². The molecule has 0 aliphatic carbocycles. The predicted octanol–water partition coefficient (Wildman–Crippen LogP) is 1.73. The Hall–Kier alpha value is 1.79. The van der Waals surface area contributed by atoms with Crippen LogP contribution in [0.25, 0.3) is 0 Å². The number of hydrogen-bond acceptors (Lipinski definition) is 2. The van der Waals surface area contributed by atoms with Gasteiger partial charge in [0.05, 0.1) is 0 Å². The monoisotopic (exact) mass is 548 g/mol. The van der Waals surface area contributed by atoms with Gasteiger partial charge < -0.3 is 0 Å². The first kappa shape index (κ1) is 13.8. The van der Waals surface area contributed by atoms with Gasteiger partial charge in [0.1, 0.15) is 0 Å². The fourth-order valence-corrected chi connectivity index (χ4v) is 5.37. The first-order chi connectivity index (χ1) is 5.79. The van der Waals surface area contributed by atoms with E-state index in [4.69, 9.17) is 9.47 Å². The fraction of sp³-hybridized carbons (Fsp3) is 1.00. The molecule has 0 saturated heterocycles. The molecule has 0 radical (unpaired) electrons. The molecule has 0 amide bonds. The van der Waals surface area contributed by atoms with E-state index in [0.717, 1.165) is 65.5 Å². The van der Waals surface area contributed by atoms with Crippen molar-refractivity contribution in [2.45, 2.75) is 33.9 Å². The summed E-state index contributed by atoms with van der Waals surface area (Å²) in [5.74, 6) is 0. The summed E-state index contributed by atoms with van der Waals surface area (Å²) in [4.78, 5) is 0. The molecular formula is C8H16Hg2O2. The van der Waals surface area contributed by atoms with E-state index in [1.165, 1.54) is 7.86 Å². The summed E-state index contributed by atoms with van der Waals surface area (Å²) in [5.41, 5.74) is 0. The molecule has 0 saturated carbocycles. The summed E-state index contributed by atoms with van der Waals surface area (Å²) in [5, 5.41) is 0. The summed E-state index contributed by atoms with van der Waals surface area (Å²) in [6, 6.07) is 0. The van der Waals surface area contributed by atoms with Crippen LogP contribution in [0.2, 0.25) is 7.86 Å². The van der Waals surface area contributed by atoms with Gasteiger partial charge >= 0.3 is 109 Å². The van der Waals surface area contributed by atoms with Gasteiger partial charge in [0.25, 0.3) is 0 Å². The van der Waals surface area contributed by atoms with Crippen LogP contribution in [0.1, 0.15) is 13.8 Å². The minimum atomic E-state index is 0.413. The van der Waals surface area contributed by atoms with Crippen LogP contribution >= 0.6 is 0 Å². The zero-order chi connectivity index (χ0) is 9.40. The van der Waals surface area contributed by atoms with Gasteiger partial charge in [-0.25, -0.2) is 0 Å². The topological polar surface area (TPSA) is 18.5 Å². The van der Waals surface area contributed by atoms with Gasteiger partial charge in [-0.1, -0.05) is 0 Å². The Kier molecular flexibility index (Phi) is 10.7. The Morgan fingerprint density at radius 2 is 1.25 bits per heavy atom. The molecule has 0 heterocycles. The Morgan fingerprint density at radius 1 is 0.917 bits per heavy atom. The SMILES string of the molecule is CCO[C@@H]([CH2][Hg])[C@@H]([CH2][Hg])OCC. The molecule has 0 N–H and O–H groups in total. The fourth-order valence-electron chi connectivity index (χ4n) is 1.18. The number of rotatable bonds is 7. The normalized spacial score (nSPS) is 16.2. The summed E-state index contributed by atoms with van der Waals surface area (Å²) in [6.45, 7) is 5.80. The average molecular weight is 545 g/mol. The molecule has 2 atom stereocenters. The van der Waals surface area contributed by atoms with Crippen LogP contribution in [0.4, 0.5) is 0 Å². The second-order valence-electron chi connectivity index (χ2n) is 2.56. The third-order valence-corrected chi connectivity index (χ3v) is 6.17. The quantitative estimate of drug-likeness (QED) is 0.454. The van der Waals surface area contributed by atoms with Gasteiger partial charge in [0.15, 0.2) is 0 Å². The van der Waals surface area contributed by atoms with Crippen LogP contribution in [0.3, 0.4) is 0 Å². The molecular weight excluding hydrogens is 529 g/mol. The van der Waals surface area contributed by atoms with Gasteiger partial charge in [-0.3, -0.25) is 0 Å². The van der Waals surface area contributed by atoms with E-state index < -0.39 is 0 Å². The van der Waals surface area contributed by atoms with Crippen molar-refractivity contribution in [3.05, 3.63) is 0 Å². The first-order valence-electron chi connectivity index (χ1n) is 4.61. The summed E-state index contributed by atoms with van der Waals surface area (Å²) in [7, 11) is 0. The zero-order valence-corrected chi connectivity index (χ0v) is 19.2. The van der Waals surface area contributed by atoms with E-state index in [0.29, 0.717) is 12.2 Å². The van der Waals surface area contributed by atoms with Gasteiger partial charge in [-0.2, -0.15) is 0 Å². The van der Waals surface area contributed by atoms with Crippen molar-refractivity contribution < 1.29 is 61.7 Å². The van der Waals surface area contributed by atoms with Crippen molar-refractivity contribution in [3.8, 4) is 0 Å². The Morgan fingerprint density at radius 3 is 1.42 bits per heavy atom. The molecule has 0 aromatic heterocycles.